The number of ether oxygens (including phenoxy) is 1. The van der Waals surface area contributed by atoms with E-state index in [2.05, 4.69) is 0 Å². The highest BCUT2D eigenvalue weighted by Gasteiger charge is 2.29. The minimum absolute atomic E-state index is 0.0340. The van der Waals surface area contributed by atoms with Crippen molar-refractivity contribution in [3.05, 3.63) is 127 Å². The molecule has 33 heavy (non-hydrogen) atoms. The van der Waals surface area contributed by atoms with Crippen molar-refractivity contribution in [2.24, 2.45) is 0 Å². The van der Waals surface area contributed by atoms with Gasteiger partial charge in [-0.3, -0.25) is 0 Å². The maximum absolute atomic E-state index is 10.6. The smallest absolute Gasteiger partial charge is 0.121 e. The van der Waals surface area contributed by atoms with Crippen LogP contribution in [0.5, 0.6) is 11.5 Å². The Morgan fingerprint density at radius 3 is 1.27 bits per heavy atom. The summed E-state index contributed by atoms with van der Waals surface area (Å²) in [4.78, 5) is 0. The summed E-state index contributed by atoms with van der Waals surface area (Å²) >= 11 is 25.3. The zero-order valence-corrected chi connectivity index (χ0v) is 20.1. The van der Waals surface area contributed by atoms with E-state index in [9.17, 15) is 10.2 Å². The Morgan fingerprint density at radius 2 is 0.909 bits per heavy atom. The fourth-order valence-electron chi connectivity index (χ4n) is 3.61. The molecule has 3 nitrogen and oxygen atoms in total. The van der Waals surface area contributed by atoms with Gasteiger partial charge in [0.25, 0.3) is 0 Å². The van der Waals surface area contributed by atoms with Gasteiger partial charge in [0.1, 0.15) is 23.7 Å². The number of hydrogen-bond donors (Lipinski definition) is 2. The quantitative estimate of drug-likeness (QED) is 0.268. The molecule has 0 saturated carbocycles. The minimum atomic E-state index is -0.813. The summed E-state index contributed by atoms with van der Waals surface area (Å²) in [5.74, 6) is 0.0681. The maximum Gasteiger partial charge on any atom is 0.121 e. The highest BCUT2D eigenvalue weighted by atomic mass is 35.5. The summed E-state index contributed by atoms with van der Waals surface area (Å²) in [5.41, 5.74) is 2.17. The molecule has 4 rings (SSSR count). The van der Waals surface area contributed by atoms with Gasteiger partial charge in [0.05, 0.1) is 0 Å². The zero-order chi connectivity index (χ0) is 23.5. The molecule has 0 fully saturated rings. The van der Waals surface area contributed by atoms with E-state index in [1.165, 1.54) is 0 Å². The van der Waals surface area contributed by atoms with E-state index in [0.29, 0.717) is 42.3 Å². The number of halogens is 4. The topological polar surface area (TPSA) is 49.7 Å². The SMILES string of the molecule is Oc1ccccc1C(OC(c1ccccc1O)c1ccc(Cl)cc1Cl)c1ccc(Cl)cc1Cl. The fourth-order valence-corrected chi connectivity index (χ4v) is 4.63. The van der Waals surface area contributed by atoms with E-state index in [4.69, 9.17) is 51.1 Å². The average molecular weight is 520 g/mol. The predicted molar refractivity (Wildman–Crippen MR) is 134 cm³/mol. The van der Waals surface area contributed by atoms with Gasteiger partial charge in [-0.25, -0.2) is 0 Å². The highest BCUT2D eigenvalue weighted by Crippen LogP contribution is 2.44. The summed E-state index contributed by atoms with van der Waals surface area (Å²) in [6, 6.07) is 23.8. The Bertz CT molecular complexity index is 1190. The number of phenols is 2. The van der Waals surface area contributed by atoms with Crippen molar-refractivity contribution in [2.45, 2.75) is 12.2 Å². The van der Waals surface area contributed by atoms with E-state index < -0.39 is 12.2 Å². The lowest BCUT2D eigenvalue weighted by Crippen LogP contribution is -2.14. The van der Waals surface area contributed by atoms with Crippen LogP contribution in [-0.2, 0) is 4.74 Å². The third-order valence-corrected chi connectivity index (χ3v) is 6.33. The second-order valence-corrected chi connectivity index (χ2v) is 9.03. The summed E-state index contributed by atoms with van der Waals surface area (Å²) in [6.45, 7) is 0. The van der Waals surface area contributed by atoms with E-state index >= 15 is 0 Å². The van der Waals surface area contributed by atoms with Gasteiger partial charge in [-0.2, -0.15) is 0 Å². The van der Waals surface area contributed by atoms with Crippen LogP contribution in [0.15, 0.2) is 84.9 Å². The summed E-state index contributed by atoms with van der Waals surface area (Å²) < 4.78 is 6.62. The number of para-hydroxylation sites is 2. The molecule has 0 amide bonds. The first kappa shape index (κ1) is 23.7. The molecule has 168 valence electrons. The molecule has 0 radical (unpaired) electrons. The first-order chi connectivity index (χ1) is 15.8. The maximum atomic E-state index is 10.6. The zero-order valence-electron chi connectivity index (χ0n) is 17.1. The number of rotatable bonds is 6. The lowest BCUT2D eigenvalue weighted by molar-refractivity contribution is 0.0285. The molecule has 0 aliphatic carbocycles. The number of phenolic OH excluding ortho intramolecular Hbond substituents is 2. The van der Waals surface area contributed by atoms with Crippen LogP contribution in [-0.4, -0.2) is 10.2 Å². The molecule has 0 aliphatic heterocycles. The van der Waals surface area contributed by atoms with Crippen LogP contribution in [0.1, 0.15) is 34.5 Å². The molecular weight excluding hydrogens is 502 g/mol. The van der Waals surface area contributed by atoms with Gasteiger partial charge >= 0.3 is 0 Å². The Balaban J connectivity index is 1.91. The van der Waals surface area contributed by atoms with Crippen molar-refractivity contribution in [1.29, 1.82) is 0 Å². The van der Waals surface area contributed by atoms with Crippen LogP contribution in [0, 0.1) is 0 Å². The number of aromatic hydroxyl groups is 2. The molecule has 0 spiro atoms. The van der Waals surface area contributed by atoms with Gasteiger partial charge in [-0.1, -0.05) is 94.9 Å². The van der Waals surface area contributed by atoms with Crippen LogP contribution in [0.25, 0.3) is 0 Å². The molecule has 4 aromatic rings. The molecular formula is C26H18Cl4O3. The van der Waals surface area contributed by atoms with Crippen molar-refractivity contribution in [1.82, 2.24) is 0 Å². The summed E-state index contributed by atoms with van der Waals surface area (Å²) in [5, 5.41) is 23.0. The lowest BCUT2D eigenvalue weighted by atomic mass is 9.97. The molecule has 2 unspecified atom stereocenters. The molecule has 0 aliphatic rings. The van der Waals surface area contributed by atoms with Gasteiger partial charge in [-0.15, -0.1) is 0 Å². The van der Waals surface area contributed by atoms with E-state index in [-0.39, 0.29) is 11.5 Å². The summed E-state index contributed by atoms with van der Waals surface area (Å²) in [7, 11) is 0. The molecule has 0 heterocycles. The van der Waals surface area contributed by atoms with Gasteiger partial charge in [-0.05, 0) is 36.4 Å². The van der Waals surface area contributed by atoms with Crippen LogP contribution >= 0.6 is 46.4 Å². The minimum Gasteiger partial charge on any atom is -0.508 e. The molecule has 2 atom stereocenters. The lowest BCUT2D eigenvalue weighted by Gasteiger charge is -2.28. The second kappa shape index (κ2) is 10.3. The van der Waals surface area contributed by atoms with Crippen LogP contribution in [0.3, 0.4) is 0 Å². The highest BCUT2D eigenvalue weighted by molar-refractivity contribution is 6.35. The van der Waals surface area contributed by atoms with Crippen molar-refractivity contribution in [3.63, 3.8) is 0 Å². The molecule has 2 N–H and O–H groups in total. The first-order valence-electron chi connectivity index (χ1n) is 9.96. The van der Waals surface area contributed by atoms with E-state index in [1.807, 2.05) is 0 Å². The van der Waals surface area contributed by atoms with Gasteiger partial charge in [0.15, 0.2) is 0 Å². The number of hydrogen-bond acceptors (Lipinski definition) is 3. The molecule has 0 saturated heterocycles. The van der Waals surface area contributed by atoms with Gasteiger partial charge in [0.2, 0.25) is 0 Å². The predicted octanol–water partition coefficient (Wildman–Crippen LogP) is 8.61. The monoisotopic (exact) mass is 518 g/mol. The van der Waals surface area contributed by atoms with Crippen molar-refractivity contribution < 1.29 is 14.9 Å². The number of benzene rings is 4. The van der Waals surface area contributed by atoms with Gasteiger partial charge < -0.3 is 14.9 Å². The Labute approximate surface area is 211 Å². The Hall–Kier alpha value is -2.40. The molecule has 0 aromatic heterocycles. The van der Waals surface area contributed by atoms with E-state index in [1.54, 1.807) is 84.9 Å². The second-order valence-electron chi connectivity index (χ2n) is 7.35. The third kappa shape index (κ3) is 5.24. The van der Waals surface area contributed by atoms with Crippen molar-refractivity contribution in [2.75, 3.05) is 0 Å². The molecule has 4 aromatic carbocycles. The largest absolute Gasteiger partial charge is 0.508 e. The Morgan fingerprint density at radius 1 is 0.515 bits per heavy atom. The molecule has 7 heteroatoms. The summed E-state index contributed by atoms with van der Waals surface area (Å²) in [6.07, 6.45) is -1.63. The van der Waals surface area contributed by atoms with Crippen molar-refractivity contribution >= 4 is 46.4 Å². The van der Waals surface area contributed by atoms with Gasteiger partial charge in [0, 0.05) is 42.3 Å². The Kier molecular flexibility index (Phi) is 7.38. The molecule has 0 bridgehead atoms. The normalized spacial score (nSPS) is 13.0. The van der Waals surface area contributed by atoms with Crippen LogP contribution < -0.4 is 0 Å². The third-order valence-electron chi connectivity index (χ3n) is 5.20. The standard InChI is InChI=1S/C26H18Cl4O3/c27-15-9-11-17(21(29)13-15)25(19-5-1-3-7-23(19)31)33-26(20-6-2-4-8-24(20)32)18-12-10-16(28)14-22(18)30/h1-14,25-26,31-32H. The van der Waals surface area contributed by atoms with E-state index in [0.717, 1.165) is 0 Å². The van der Waals surface area contributed by atoms with Crippen molar-refractivity contribution in [3.8, 4) is 11.5 Å². The first-order valence-corrected chi connectivity index (χ1v) is 11.5. The average Bonchev–Trinajstić information content (AvgIpc) is 2.77. The van der Waals surface area contributed by atoms with Crippen LogP contribution in [0.2, 0.25) is 20.1 Å². The fraction of sp³-hybridized carbons (Fsp3) is 0.0769. The van der Waals surface area contributed by atoms with Crippen LogP contribution in [0.4, 0.5) is 0 Å².